The van der Waals surface area contributed by atoms with E-state index in [-0.39, 0.29) is 6.04 Å². The molecule has 0 spiro atoms. The van der Waals surface area contributed by atoms with Crippen molar-refractivity contribution in [1.29, 1.82) is 0 Å². The van der Waals surface area contributed by atoms with Gasteiger partial charge in [-0.25, -0.2) is 0 Å². The normalized spacial score (nSPS) is 17.5. The van der Waals surface area contributed by atoms with Gasteiger partial charge >= 0.3 is 0 Å². The third-order valence-electron chi connectivity index (χ3n) is 5.38. The van der Waals surface area contributed by atoms with Crippen LogP contribution in [0.2, 0.25) is 0 Å². The van der Waals surface area contributed by atoms with Gasteiger partial charge in [0.2, 0.25) is 0 Å². The molecule has 0 aliphatic carbocycles. The highest BCUT2D eigenvalue weighted by molar-refractivity contribution is 5.63. The van der Waals surface area contributed by atoms with Gasteiger partial charge in [-0.15, -0.1) is 0 Å². The molecule has 3 aromatic rings. The molecule has 148 valence electrons. The van der Waals surface area contributed by atoms with Gasteiger partial charge in [-0.2, -0.15) is 5.10 Å². The summed E-state index contributed by atoms with van der Waals surface area (Å²) in [5.74, 6) is 2.25. The number of aromatic amines is 1. The number of H-pyrrole nitrogens is 1. The Morgan fingerprint density at radius 1 is 1.29 bits per heavy atom. The average Bonchev–Trinajstić information content (AvgIpc) is 3.43. The lowest BCUT2D eigenvalue weighted by molar-refractivity contribution is 0.206. The van der Waals surface area contributed by atoms with E-state index in [0.29, 0.717) is 12.5 Å². The Hall–Kier alpha value is -2.60. The molecular weight excluding hydrogens is 352 g/mol. The van der Waals surface area contributed by atoms with Crippen LogP contribution in [0, 0.1) is 0 Å². The number of hydrogen-bond donors (Lipinski definition) is 1. The predicted octanol–water partition coefficient (Wildman–Crippen LogP) is 4.92. The van der Waals surface area contributed by atoms with E-state index in [9.17, 15) is 0 Å². The molecule has 1 N–H and O–H groups in total. The van der Waals surface area contributed by atoms with Gasteiger partial charge < -0.3 is 9.26 Å². The second kappa shape index (κ2) is 8.19. The van der Waals surface area contributed by atoms with Crippen molar-refractivity contribution in [2.45, 2.75) is 52.1 Å². The number of likely N-dealkylation sites (tertiary alicyclic amines) is 1. The van der Waals surface area contributed by atoms with Crippen molar-refractivity contribution < 1.29 is 9.26 Å². The minimum atomic E-state index is 0.281. The Kier molecular flexibility index (Phi) is 5.48. The number of hydrogen-bond acceptors (Lipinski definition) is 5. The molecule has 2 aromatic heterocycles. The first-order valence-electron chi connectivity index (χ1n) is 10.1. The Morgan fingerprint density at radius 3 is 2.82 bits per heavy atom. The molecule has 1 fully saturated rings. The SMILES string of the molecule is CCOc1ccc(-c2[nH]ncc2CN2CCCC2c2cc(C(C)C)no2)cc1. The average molecular weight is 380 g/mol. The summed E-state index contributed by atoms with van der Waals surface area (Å²) in [6, 6.07) is 10.6. The van der Waals surface area contributed by atoms with Crippen molar-refractivity contribution in [3.05, 3.63) is 53.5 Å². The van der Waals surface area contributed by atoms with Gasteiger partial charge in [0, 0.05) is 23.7 Å². The van der Waals surface area contributed by atoms with E-state index in [1.807, 2.05) is 25.3 Å². The predicted molar refractivity (Wildman–Crippen MR) is 108 cm³/mol. The van der Waals surface area contributed by atoms with E-state index >= 15 is 0 Å². The standard InChI is InChI=1S/C22H28N4O2/c1-4-27-18-9-7-16(8-10-18)22-17(13-23-24-22)14-26-11-5-6-20(26)21-12-19(15(2)3)25-28-21/h7-10,12-13,15,20H,4-6,11,14H2,1-3H3,(H,23,24). The van der Waals surface area contributed by atoms with Crippen LogP contribution >= 0.6 is 0 Å². The van der Waals surface area contributed by atoms with Crippen molar-refractivity contribution in [3.63, 3.8) is 0 Å². The summed E-state index contributed by atoms with van der Waals surface area (Å²) >= 11 is 0. The first-order valence-corrected chi connectivity index (χ1v) is 10.1. The summed E-state index contributed by atoms with van der Waals surface area (Å²) in [4.78, 5) is 2.47. The van der Waals surface area contributed by atoms with Crippen LogP contribution in [0.3, 0.4) is 0 Å². The Labute approximate surface area is 165 Å². The molecule has 1 atom stereocenters. The highest BCUT2D eigenvalue weighted by atomic mass is 16.5. The van der Waals surface area contributed by atoms with Crippen LogP contribution in [0.15, 0.2) is 41.1 Å². The van der Waals surface area contributed by atoms with Gasteiger partial charge in [0.05, 0.1) is 30.2 Å². The van der Waals surface area contributed by atoms with Crippen LogP contribution in [0.5, 0.6) is 5.75 Å². The topological polar surface area (TPSA) is 67.2 Å². The fourth-order valence-electron chi connectivity index (χ4n) is 3.85. The molecule has 0 bridgehead atoms. The van der Waals surface area contributed by atoms with Crippen molar-refractivity contribution >= 4 is 0 Å². The molecule has 3 heterocycles. The van der Waals surface area contributed by atoms with Gasteiger partial charge in [-0.05, 0) is 56.5 Å². The van der Waals surface area contributed by atoms with Gasteiger partial charge in [0.25, 0.3) is 0 Å². The molecular formula is C22H28N4O2. The molecule has 28 heavy (non-hydrogen) atoms. The van der Waals surface area contributed by atoms with Crippen LogP contribution in [0.25, 0.3) is 11.3 Å². The lowest BCUT2D eigenvalue weighted by Gasteiger charge is -2.22. The summed E-state index contributed by atoms with van der Waals surface area (Å²) in [5, 5.41) is 11.7. The van der Waals surface area contributed by atoms with Crippen molar-refractivity contribution in [2.24, 2.45) is 0 Å². The quantitative estimate of drug-likeness (QED) is 0.630. The van der Waals surface area contributed by atoms with E-state index in [0.717, 1.165) is 48.0 Å². The molecule has 1 aliphatic heterocycles. The van der Waals surface area contributed by atoms with Crippen LogP contribution < -0.4 is 4.74 Å². The maximum absolute atomic E-state index is 5.68. The van der Waals surface area contributed by atoms with Crippen LogP contribution in [-0.4, -0.2) is 33.4 Å². The number of benzene rings is 1. The second-order valence-electron chi connectivity index (χ2n) is 7.66. The Morgan fingerprint density at radius 2 is 2.11 bits per heavy atom. The number of rotatable bonds is 7. The summed E-state index contributed by atoms with van der Waals surface area (Å²) in [6.07, 6.45) is 4.20. The smallest absolute Gasteiger partial charge is 0.154 e. The molecule has 1 unspecified atom stereocenters. The molecule has 1 saturated heterocycles. The van der Waals surface area contributed by atoms with Gasteiger partial charge in [0.15, 0.2) is 5.76 Å². The second-order valence-corrected chi connectivity index (χ2v) is 7.66. The Balaban J connectivity index is 1.52. The van der Waals surface area contributed by atoms with Crippen LogP contribution in [-0.2, 0) is 6.54 Å². The highest BCUT2D eigenvalue weighted by Gasteiger charge is 2.30. The molecule has 0 amide bonds. The largest absolute Gasteiger partial charge is 0.494 e. The zero-order valence-corrected chi connectivity index (χ0v) is 16.8. The van der Waals surface area contributed by atoms with Gasteiger partial charge in [-0.3, -0.25) is 10.00 Å². The van der Waals surface area contributed by atoms with Crippen molar-refractivity contribution in [3.8, 4) is 17.0 Å². The maximum Gasteiger partial charge on any atom is 0.154 e. The van der Waals surface area contributed by atoms with Crippen molar-refractivity contribution in [1.82, 2.24) is 20.3 Å². The minimum absolute atomic E-state index is 0.281. The van der Waals surface area contributed by atoms with Crippen LogP contribution in [0.1, 0.15) is 62.6 Å². The zero-order valence-electron chi connectivity index (χ0n) is 16.8. The number of nitrogens with one attached hydrogen (secondary N) is 1. The van der Waals surface area contributed by atoms with Crippen LogP contribution in [0.4, 0.5) is 0 Å². The highest BCUT2D eigenvalue weighted by Crippen LogP contribution is 2.35. The molecule has 0 radical (unpaired) electrons. The third kappa shape index (κ3) is 3.83. The molecule has 6 nitrogen and oxygen atoms in total. The molecule has 1 aliphatic rings. The first-order chi connectivity index (χ1) is 13.7. The van der Waals surface area contributed by atoms with E-state index in [2.05, 4.69) is 52.3 Å². The molecule has 1 aromatic carbocycles. The first kappa shape index (κ1) is 18.7. The lowest BCUT2D eigenvalue weighted by atomic mass is 10.1. The molecule has 0 saturated carbocycles. The Bertz CT molecular complexity index is 897. The van der Waals surface area contributed by atoms with E-state index in [1.54, 1.807) is 0 Å². The van der Waals surface area contributed by atoms with Gasteiger partial charge in [-0.1, -0.05) is 19.0 Å². The monoisotopic (exact) mass is 380 g/mol. The fraction of sp³-hybridized carbons (Fsp3) is 0.455. The minimum Gasteiger partial charge on any atom is -0.494 e. The van der Waals surface area contributed by atoms with Gasteiger partial charge in [0.1, 0.15) is 5.75 Å². The summed E-state index contributed by atoms with van der Waals surface area (Å²) in [6.45, 7) is 8.83. The number of ether oxygens (including phenoxy) is 1. The van der Waals surface area contributed by atoms with E-state index in [1.165, 1.54) is 12.0 Å². The maximum atomic E-state index is 5.68. The lowest BCUT2D eigenvalue weighted by Crippen LogP contribution is -2.22. The molecule has 4 rings (SSSR count). The van der Waals surface area contributed by atoms with Crippen molar-refractivity contribution in [2.75, 3.05) is 13.2 Å². The summed E-state index contributed by atoms with van der Waals surface area (Å²) < 4.78 is 11.2. The summed E-state index contributed by atoms with van der Waals surface area (Å²) in [7, 11) is 0. The van der Waals surface area contributed by atoms with E-state index < -0.39 is 0 Å². The number of nitrogens with zero attached hydrogens (tertiary/aromatic N) is 3. The third-order valence-corrected chi connectivity index (χ3v) is 5.38. The zero-order chi connectivity index (χ0) is 19.5. The van der Waals surface area contributed by atoms with E-state index in [4.69, 9.17) is 9.26 Å². The fourth-order valence-corrected chi connectivity index (χ4v) is 3.85. The number of aromatic nitrogens is 3. The molecule has 6 heteroatoms. The summed E-state index contributed by atoms with van der Waals surface area (Å²) in [5.41, 5.74) is 4.41.